The monoisotopic (exact) mass is 176 g/mol. The quantitative estimate of drug-likeness (QED) is 0.480. The summed E-state index contributed by atoms with van der Waals surface area (Å²) < 4.78 is 0. The zero-order chi connectivity index (χ0) is 8.97. The van der Waals surface area contributed by atoms with Crippen molar-refractivity contribution < 1.29 is 0 Å². The molecule has 12 heavy (non-hydrogen) atoms. The highest BCUT2D eigenvalue weighted by atomic mass is 35.5. The first-order chi connectivity index (χ1) is 5.77. The van der Waals surface area contributed by atoms with E-state index < -0.39 is 0 Å². The Kier molecular flexibility index (Phi) is 2.96. The molecule has 1 rings (SSSR count). The third-order valence-corrected chi connectivity index (χ3v) is 1.92. The number of hydrogen-bond donors (Lipinski definition) is 0. The molecule has 0 aromatic heterocycles. The van der Waals surface area contributed by atoms with Gasteiger partial charge in [0.05, 0.1) is 0 Å². The van der Waals surface area contributed by atoms with Crippen molar-refractivity contribution in [2.45, 2.75) is 0 Å². The lowest BCUT2D eigenvalue weighted by atomic mass is 10.1. The van der Waals surface area contributed by atoms with Crippen molar-refractivity contribution in [1.29, 1.82) is 0 Å². The van der Waals surface area contributed by atoms with Crippen LogP contribution in [0, 0.1) is 12.3 Å². The van der Waals surface area contributed by atoms with Crippen LogP contribution in [0.5, 0.6) is 0 Å². The number of benzene rings is 1. The van der Waals surface area contributed by atoms with Crippen LogP contribution < -0.4 is 0 Å². The van der Waals surface area contributed by atoms with Gasteiger partial charge in [-0.1, -0.05) is 24.6 Å². The van der Waals surface area contributed by atoms with E-state index in [2.05, 4.69) is 12.5 Å². The van der Waals surface area contributed by atoms with Crippen molar-refractivity contribution in [2.75, 3.05) is 5.88 Å². The fraction of sp³-hybridized carbons (Fsp3) is 0.0909. The van der Waals surface area contributed by atoms with Crippen molar-refractivity contribution in [3.05, 3.63) is 42.0 Å². The maximum atomic E-state index is 5.63. The molecule has 0 saturated heterocycles. The molecule has 0 aliphatic carbocycles. The summed E-state index contributed by atoms with van der Waals surface area (Å²) >= 11 is 5.63. The zero-order valence-corrected chi connectivity index (χ0v) is 7.43. The molecule has 0 saturated carbocycles. The fourth-order valence-corrected chi connectivity index (χ4v) is 1.06. The molecule has 0 aliphatic rings. The number of hydrogen-bond acceptors (Lipinski definition) is 0. The minimum Gasteiger partial charge on any atom is -0.122 e. The Hall–Kier alpha value is -1.19. The van der Waals surface area contributed by atoms with Gasteiger partial charge in [0, 0.05) is 11.4 Å². The molecule has 60 valence electrons. The summed E-state index contributed by atoms with van der Waals surface area (Å²) in [6, 6.07) is 7.64. The van der Waals surface area contributed by atoms with E-state index in [1.165, 1.54) is 0 Å². The number of rotatable bonds is 2. The molecule has 1 aromatic carbocycles. The van der Waals surface area contributed by atoms with Crippen LogP contribution in [-0.2, 0) is 0 Å². The van der Waals surface area contributed by atoms with E-state index in [-0.39, 0.29) is 0 Å². The van der Waals surface area contributed by atoms with Crippen LogP contribution >= 0.6 is 11.6 Å². The first-order valence-electron chi connectivity index (χ1n) is 3.58. The largest absolute Gasteiger partial charge is 0.122 e. The molecule has 0 nitrogen and oxygen atoms in total. The number of terminal acetylenes is 1. The Morgan fingerprint density at radius 2 is 2.33 bits per heavy atom. The van der Waals surface area contributed by atoms with Crippen LogP contribution in [0.2, 0.25) is 0 Å². The van der Waals surface area contributed by atoms with Gasteiger partial charge in [0.15, 0.2) is 0 Å². The van der Waals surface area contributed by atoms with Crippen LogP contribution in [-0.4, -0.2) is 5.88 Å². The highest BCUT2D eigenvalue weighted by Crippen LogP contribution is 2.14. The van der Waals surface area contributed by atoms with Gasteiger partial charge in [-0.25, -0.2) is 0 Å². The molecule has 1 aromatic rings. The Labute approximate surface area is 77.9 Å². The Morgan fingerprint density at radius 1 is 1.58 bits per heavy atom. The third-order valence-electron chi connectivity index (χ3n) is 1.60. The molecule has 0 radical (unpaired) electrons. The average molecular weight is 177 g/mol. The molecule has 0 amide bonds. The topological polar surface area (TPSA) is 0 Å². The molecule has 0 N–H and O–H groups in total. The molecule has 0 bridgehead atoms. The SMILES string of the molecule is C#Cc1cccc(C(=C)CCl)c1. The second-order valence-corrected chi connectivity index (χ2v) is 2.73. The lowest BCUT2D eigenvalue weighted by Crippen LogP contribution is -1.84. The standard InChI is InChI=1S/C11H9Cl/c1-3-10-5-4-6-11(7-10)9(2)8-12/h1,4-7H,2,8H2. The van der Waals surface area contributed by atoms with E-state index in [1.807, 2.05) is 24.3 Å². The maximum absolute atomic E-state index is 5.63. The van der Waals surface area contributed by atoms with Gasteiger partial charge < -0.3 is 0 Å². The van der Waals surface area contributed by atoms with E-state index in [4.69, 9.17) is 18.0 Å². The van der Waals surface area contributed by atoms with Crippen molar-refractivity contribution in [3.63, 3.8) is 0 Å². The molecule has 0 heterocycles. The van der Waals surface area contributed by atoms with Gasteiger partial charge in [-0.2, -0.15) is 0 Å². The summed E-state index contributed by atoms with van der Waals surface area (Å²) in [5.74, 6) is 3.00. The first kappa shape index (κ1) is 8.90. The van der Waals surface area contributed by atoms with Gasteiger partial charge in [-0.3, -0.25) is 0 Å². The van der Waals surface area contributed by atoms with Crippen molar-refractivity contribution in [3.8, 4) is 12.3 Å². The third kappa shape index (κ3) is 1.90. The predicted octanol–water partition coefficient (Wildman–Crippen LogP) is 2.92. The second kappa shape index (κ2) is 3.99. The Balaban J connectivity index is 3.04. The van der Waals surface area contributed by atoms with Gasteiger partial charge in [0.1, 0.15) is 0 Å². The van der Waals surface area contributed by atoms with Crippen LogP contribution in [0.15, 0.2) is 30.8 Å². The fourth-order valence-electron chi connectivity index (χ4n) is 0.906. The number of allylic oxidation sites excluding steroid dienone is 1. The molecule has 0 aliphatic heterocycles. The summed E-state index contributed by atoms with van der Waals surface area (Å²) in [6.45, 7) is 3.82. The molecule has 0 atom stereocenters. The van der Waals surface area contributed by atoms with Gasteiger partial charge in [0.2, 0.25) is 0 Å². The predicted molar refractivity (Wildman–Crippen MR) is 54.1 cm³/mol. The lowest BCUT2D eigenvalue weighted by Gasteiger charge is -2.01. The zero-order valence-electron chi connectivity index (χ0n) is 6.68. The van der Waals surface area contributed by atoms with Crippen LogP contribution in [0.3, 0.4) is 0 Å². The van der Waals surface area contributed by atoms with E-state index in [9.17, 15) is 0 Å². The minimum atomic E-state index is 0.439. The van der Waals surface area contributed by atoms with Gasteiger partial charge in [-0.05, 0) is 23.3 Å². The molecular formula is C11H9Cl. The molecule has 1 heteroatoms. The summed E-state index contributed by atoms with van der Waals surface area (Å²) in [6.07, 6.45) is 5.25. The van der Waals surface area contributed by atoms with Gasteiger partial charge in [-0.15, -0.1) is 18.0 Å². The molecular weight excluding hydrogens is 168 g/mol. The summed E-state index contributed by atoms with van der Waals surface area (Å²) in [5.41, 5.74) is 2.77. The Bertz CT molecular complexity index is 331. The second-order valence-electron chi connectivity index (χ2n) is 2.46. The van der Waals surface area contributed by atoms with Crippen LogP contribution in [0.25, 0.3) is 5.57 Å². The average Bonchev–Trinajstić information content (AvgIpc) is 2.17. The molecule has 0 spiro atoms. The van der Waals surface area contributed by atoms with E-state index in [1.54, 1.807) is 0 Å². The summed E-state index contributed by atoms with van der Waals surface area (Å²) in [7, 11) is 0. The summed E-state index contributed by atoms with van der Waals surface area (Å²) in [5, 5.41) is 0. The highest BCUT2D eigenvalue weighted by Gasteiger charge is 1.96. The smallest absolute Gasteiger partial charge is 0.0474 e. The highest BCUT2D eigenvalue weighted by molar-refractivity contribution is 6.23. The minimum absolute atomic E-state index is 0.439. The van der Waals surface area contributed by atoms with Crippen molar-refractivity contribution in [1.82, 2.24) is 0 Å². The van der Waals surface area contributed by atoms with E-state index in [0.717, 1.165) is 16.7 Å². The normalized spacial score (nSPS) is 9.00. The van der Waals surface area contributed by atoms with E-state index in [0.29, 0.717) is 5.88 Å². The molecule has 0 unspecified atom stereocenters. The Morgan fingerprint density at radius 3 is 2.92 bits per heavy atom. The maximum Gasteiger partial charge on any atom is 0.0474 e. The van der Waals surface area contributed by atoms with Crippen molar-refractivity contribution >= 4 is 17.2 Å². The van der Waals surface area contributed by atoms with Gasteiger partial charge in [0.25, 0.3) is 0 Å². The summed E-state index contributed by atoms with van der Waals surface area (Å²) in [4.78, 5) is 0. The molecule has 0 fully saturated rings. The van der Waals surface area contributed by atoms with Gasteiger partial charge >= 0.3 is 0 Å². The van der Waals surface area contributed by atoms with Crippen LogP contribution in [0.4, 0.5) is 0 Å². The number of alkyl halides is 1. The lowest BCUT2D eigenvalue weighted by molar-refractivity contribution is 1.55. The number of halogens is 1. The first-order valence-corrected chi connectivity index (χ1v) is 4.12. The van der Waals surface area contributed by atoms with Crippen LogP contribution in [0.1, 0.15) is 11.1 Å². The van der Waals surface area contributed by atoms with Crippen molar-refractivity contribution in [2.24, 2.45) is 0 Å². The van der Waals surface area contributed by atoms with E-state index >= 15 is 0 Å².